The van der Waals surface area contributed by atoms with E-state index < -0.39 is 12.0 Å². The lowest BCUT2D eigenvalue weighted by Gasteiger charge is -2.26. The van der Waals surface area contributed by atoms with Crippen LogP contribution in [0.2, 0.25) is 0 Å². The topological polar surface area (TPSA) is 95.6 Å². The number of nitrogens with zero attached hydrogens (tertiary/aromatic N) is 1. The van der Waals surface area contributed by atoms with Crippen molar-refractivity contribution >= 4 is 23.3 Å². The third kappa shape index (κ3) is 2.49. The molecule has 1 N–H and O–H groups in total. The van der Waals surface area contributed by atoms with Gasteiger partial charge in [0.2, 0.25) is 0 Å². The fourth-order valence-corrected chi connectivity index (χ4v) is 4.43. The molecule has 0 spiro atoms. The lowest BCUT2D eigenvalue weighted by atomic mass is 9.96. The van der Waals surface area contributed by atoms with E-state index >= 15 is 0 Å². The van der Waals surface area contributed by atoms with E-state index in [1.807, 2.05) is 0 Å². The summed E-state index contributed by atoms with van der Waals surface area (Å²) in [4.78, 5) is 28.1. The second-order valence-corrected chi connectivity index (χ2v) is 7.16. The van der Waals surface area contributed by atoms with Crippen LogP contribution >= 0.6 is 0 Å². The molecule has 0 aliphatic carbocycles. The van der Waals surface area contributed by atoms with E-state index in [9.17, 15) is 9.59 Å². The number of carbonyl (C=O) groups is 2. The van der Waals surface area contributed by atoms with Crippen molar-refractivity contribution in [3.8, 4) is 23.0 Å². The first-order valence-electron chi connectivity index (χ1n) is 9.55. The lowest BCUT2D eigenvalue weighted by Crippen LogP contribution is -2.30. The highest BCUT2D eigenvalue weighted by atomic mass is 16.5. The van der Waals surface area contributed by atoms with Crippen LogP contribution in [-0.4, -0.2) is 46.9 Å². The number of nitrogens with one attached hydrogen (secondary N) is 1. The van der Waals surface area contributed by atoms with Crippen molar-refractivity contribution in [1.82, 2.24) is 0 Å². The molecule has 0 saturated carbocycles. The second kappa shape index (κ2) is 6.83. The number of anilines is 2. The number of ether oxygens (including phenoxy) is 5. The molecule has 9 heteroatoms. The molecule has 0 bridgehead atoms. The van der Waals surface area contributed by atoms with E-state index in [2.05, 4.69) is 5.32 Å². The maximum Gasteiger partial charge on any atom is 0.338 e. The molecule has 0 fully saturated rings. The standard InChI is InChI=1S/C22H20N2O7/c1-27-14-6-5-10-17(20(14)30-4)21(25)24-13-8-16(29-3)15(28-2)7-11(13)23-12-9-31-22(26)18(12)19(10)24/h5-8,19,23H,9H2,1-4H3. The maximum atomic E-state index is 13.8. The Morgan fingerprint density at radius 1 is 0.968 bits per heavy atom. The molecule has 0 saturated heterocycles. The van der Waals surface area contributed by atoms with Crippen LogP contribution < -0.4 is 29.2 Å². The average molecular weight is 424 g/mol. The van der Waals surface area contributed by atoms with Crippen LogP contribution in [0.4, 0.5) is 11.4 Å². The number of amides is 1. The predicted molar refractivity (Wildman–Crippen MR) is 110 cm³/mol. The largest absolute Gasteiger partial charge is 0.493 e. The van der Waals surface area contributed by atoms with Crippen LogP contribution in [0.3, 0.4) is 0 Å². The molecule has 3 heterocycles. The molecule has 160 valence electrons. The third-order valence-electron chi connectivity index (χ3n) is 5.78. The summed E-state index contributed by atoms with van der Waals surface area (Å²) in [5.41, 5.74) is 3.11. The van der Waals surface area contributed by atoms with Gasteiger partial charge in [0.1, 0.15) is 6.61 Å². The zero-order valence-corrected chi connectivity index (χ0v) is 17.4. The smallest absolute Gasteiger partial charge is 0.338 e. The van der Waals surface area contributed by atoms with E-state index in [4.69, 9.17) is 23.7 Å². The summed E-state index contributed by atoms with van der Waals surface area (Å²) in [6, 6.07) is 6.27. The Balaban J connectivity index is 1.82. The van der Waals surface area contributed by atoms with E-state index in [1.54, 1.807) is 29.2 Å². The highest BCUT2D eigenvalue weighted by molar-refractivity contribution is 6.17. The lowest BCUT2D eigenvalue weighted by molar-refractivity contribution is -0.136. The first kappa shape index (κ1) is 19.1. The number of methoxy groups -OCH3 is 4. The van der Waals surface area contributed by atoms with E-state index in [1.165, 1.54) is 28.4 Å². The summed E-state index contributed by atoms with van der Waals surface area (Å²) in [7, 11) is 6.04. The first-order chi connectivity index (χ1) is 15.0. The highest BCUT2D eigenvalue weighted by Crippen LogP contribution is 2.53. The first-order valence-corrected chi connectivity index (χ1v) is 9.55. The molecule has 0 aromatic heterocycles. The summed E-state index contributed by atoms with van der Waals surface area (Å²) in [5, 5.41) is 3.26. The van der Waals surface area contributed by atoms with Gasteiger partial charge in [0, 0.05) is 12.1 Å². The number of benzene rings is 2. The van der Waals surface area contributed by atoms with E-state index in [-0.39, 0.29) is 12.5 Å². The van der Waals surface area contributed by atoms with Gasteiger partial charge < -0.3 is 29.0 Å². The van der Waals surface area contributed by atoms with Crippen LogP contribution in [0.1, 0.15) is 22.0 Å². The van der Waals surface area contributed by atoms with Gasteiger partial charge in [-0.1, -0.05) is 6.07 Å². The van der Waals surface area contributed by atoms with Gasteiger partial charge >= 0.3 is 5.97 Å². The fourth-order valence-electron chi connectivity index (χ4n) is 4.43. The Labute approximate surface area is 178 Å². The molecule has 31 heavy (non-hydrogen) atoms. The molecule has 1 atom stereocenters. The normalized spacial score (nSPS) is 18.3. The van der Waals surface area contributed by atoms with Gasteiger partial charge in [-0.15, -0.1) is 0 Å². The zero-order valence-electron chi connectivity index (χ0n) is 17.4. The van der Waals surface area contributed by atoms with Crippen molar-refractivity contribution in [2.45, 2.75) is 6.04 Å². The van der Waals surface area contributed by atoms with Crippen molar-refractivity contribution in [3.63, 3.8) is 0 Å². The minimum atomic E-state index is -0.681. The Bertz CT molecular complexity index is 1170. The molecule has 5 rings (SSSR count). The van der Waals surface area contributed by atoms with Gasteiger partial charge in [0.25, 0.3) is 5.91 Å². The van der Waals surface area contributed by atoms with Gasteiger partial charge in [-0.25, -0.2) is 4.79 Å². The monoisotopic (exact) mass is 424 g/mol. The van der Waals surface area contributed by atoms with Crippen LogP contribution in [0.15, 0.2) is 35.5 Å². The zero-order chi connectivity index (χ0) is 21.9. The number of hydrogen-bond acceptors (Lipinski definition) is 8. The SMILES string of the molecule is COc1cc2c(cc1OC)N1C(=O)c3c(ccc(OC)c3OC)C1C1=C(COC1=O)N2. The number of esters is 1. The molecular formula is C22H20N2O7. The van der Waals surface area contributed by atoms with Gasteiger partial charge in [-0.3, -0.25) is 9.69 Å². The number of rotatable bonds is 4. The van der Waals surface area contributed by atoms with Crippen molar-refractivity contribution in [2.75, 3.05) is 45.3 Å². The molecule has 2 aromatic carbocycles. The number of cyclic esters (lactones) is 1. The molecule has 3 aliphatic heterocycles. The fraction of sp³-hybridized carbons (Fsp3) is 0.273. The Kier molecular flexibility index (Phi) is 4.21. The van der Waals surface area contributed by atoms with Crippen molar-refractivity contribution < 1.29 is 33.3 Å². The Hall–Kier alpha value is -3.88. The van der Waals surface area contributed by atoms with Crippen molar-refractivity contribution in [3.05, 3.63) is 46.7 Å². The molecule has 9 nitrogen and oxygen atoms in total. The van der Waals surface area contributed by atoms with Crippen LogP contribution in [0.25, 0.3) is 0 Å². The van der Waals surface area contributed by atoms with Crippen molar-refractivity contribution in [1.29, 1.82) is 0 Å². The average Bonchev–Trinajstić information content (AvgIpc) is 3.23. The maximum absolute atomic E-state index is 13.8. The van der Waals surface area contributed by atoms with Gasteiger partial charge in [0.05, 0.1) is 62.7 Å². The second-order valence-electron chi connectivity index (χ2n) is 7.16. The quantitative estimate of drug-likeness (QED) is 0.749. The summed E-state index contributed by atoms with van der Waals surface area (Å²) in [6.07, 6.45) is 0. The van der Waals surface area contributed by atoms with Crippen LogP contribution in [-0.2, 0) is 9.53 Å². The number of carbonyl (C=O) groups excluding carboxylic acids is 2. The molecular weight excluding hydrogens is 404 g/mol. The minimum absolute atomic E-state index is 0.0864. The Morgan fingerprint density at radius 2 is 1.68 bits per heavy atom. The summed E-state index contributed by atoms with van der Waals surface area (Å²) < 4.78 is 27.1. The molecule has 3 aliphatic rings. The molecule has 0 radical (unpaired) electrons. The molecule has 1 unspecified atom stereocenters. The molecule has 1 amide bonds. The van der Waals surface area contributed by atoms with Gasteiger partial charge in [-0.05, 0) is 11.6 Å². The summed E-state index contributed by atoms with van der Waals surface area (Å²) >= 11 is 0. The van der Waals surface area contributed by atoms with E-state index in [0.29, 0.717) is 56.8 Å². The van der Waals surface area contributed by atoms with Crippen LogP contribution in [0, 0.1) is 0 Å². The van der Waals surface area contributed by atoms with E-state index in [0.717, 1.165) is 0 Å². The number of hydrogen-bond donors (Lipinski definition) is 1. The predicted octanol–water partition coefficient (Wildman–Crippen LogP) is 2.66. The minimum Gasteiger partial charge on any atom is -0.493 e. The molecule has 2 aromatic rings. The summed E-state index contributed by atoms with van der Waals surface area (Å²) in [5.74, 6) is 0.907. The van der Waals surface area contributed by atoms with Gasteiger partial charge in [0.15, 0.2) is 23.0 Å². The third-order valence-corrected chi connectivity index (χ3v) is 5.78. The van der Waals surface area contributed by atoms with Crippen molar-refractivity contribution in [2.24, 2.45) is 0 Å². The summed E-state index contributed by atoms with van der Waals surface area (Å²) in [6.45, 7) is 0.0864. The Morgan fingerprint density at radius 3 is 2.35 bits per heavy atom. The highest BCUT2D eigenvalue weighted by Gasteiger charge is 2.49. The number of fused-ring (bicyclic) bond motifs is 6. The van der Waals surface area contributed by atoms with Gasteiger partial charge in [-0.2, -0.15) is 0 Å². The van der Waals surface area contributed by atoms with Crippen LogP contribution in [0.5, 0.6) is 23.0 Å².